The van der Waals surface area contributed by atoms with Crippen molar-refractivity contribution < 1.29 is 37.6 Å². The van der Waals surface area contributed by atoms with Crippen molar-refractivity contribution in [3.8, 4) is 0 Å². The van der Waals surface area contributed by atoms with Crippen LogP contribution in [0.3, 0.4) is 0 Å². The normalized spacial score (nSPS) is 43.2. The molecule has 9 nitrogen and oxygen atoms in total. The van der Waals surface area contributed by atoms with Gasteiger partial charge in [0, 0.05) is 11.8 Å². The van der Waals surface area contributed by atoms with E-state index in [-0.39, 0.29) is 17.5 Å². The Morgan fingerprint density at radius 1 is 1.18 bits per heavy atom. The van der Waals surface area contributed by atoms with Gasteiger partial charge >= 0.3 is 0 Å². The molecule has 0 aromatic carbocycles. The second kappa shape index (κ2) is 7.86. The number of aliphatic hydroxyl groups is 2. The van der Waals surface area contributed by atoms with Gasteiger partial charge in [-0.15, -0.1) is 0 Å². The van der Waals surface area contributed by atoms with Crippen molar-refractivity contribution in [3.63, 3.8) is 0 Å². The summed E-state index contributed by atoms with van der Waals surface area (Å²) in [6.45, 7) is 8.65. The van der Waals surface area contributed by atoms with E-state index in [1.165, 1.54) is 0 Å². The highest BCUT2D eigenvalue weighted by molar-refractivity contribution is 7.90. The van der Waals surface area contributed by atoms with Crippen molar-refractivity contribution in [2.75, 3.05) is 19.0 Å². The molecular formula is C24H39NO8S. The summed E-state index contributed by atoms with van der Waals surface area (Å²) < 4.78 is 44.5. The molecule has 3 saturated heterocycles. The Hall–Kier alpha value is -0.780. The molecule has 5 fully saturated rings. The zero-order valence-corrected chi connectivity index (χ0v) is 21.5. The Kier molecular flexibility index (Phi) is 5.75. The summed E-state index contributed by atoms with van der Waals surface area (Å²) in [5.41, 5.74) is -3.08. The lowest BCUT2D eigenvalue weighted by molar-refractivity contribution is -0.177. The summed E-state index contributed by atoms with van der Waals surface area (Å²) in [6, 6.07) is -0.399. The van der Waals surface area contributed by atoms with E-state index in [1.54, 1.807) is 13.8 Å². The molecule has 34 heavy (non-hydrogen) atoms. The first-order chi connectivity index (χ1) is 15.7. The fourth-order valence-electron chi connectivity index (χ4n) is 7.61. The Balaban J connectivity index is 1.30. The van der Waals surface area contributed by atoms with Crippen LogP contribution in [0.25, 0.3) is 0 Å². The predicted molar refractivity (Wildman–Crippen MR) is 122 cm³/mol. The molecule has 2 bridgehead atoms. The minimum absolute atomic E-state index is 0.0349. The first-order valence-electron chi connectivity index (χ1n) is 12.6. The Morgan fingerprint density at radius 2 is 1.85 bits per heavy atom. The lowest BCUT2D eigenvalue weighted by atomic mass is 9.69. The van der Waals surface area contributed by atoms with Crippen molar-refractivity contribution in [2.24, 2.45) is 16.7 Å². The van der Waals surface area contributed by atoms with Gasteiger partial charge in [-0.3, -0.25) is 4.79 Å². The molecule has 5 rings (SSSR count). The average molecular weight is 502 g/mol. The number of hydrogen-bond donors (Lipinski definition) is 2. The minimum atomic E-state index is -3.83. The van der Waals surface area contributed by atoms with Crippen molar-refractivity contribution >= 4 is 15.9 Å². The molecule has 7 atom stereocenters. The van der Waals surface area contributed by atoms with Crippen LogP contribution in [0.2, 0.25) is 0 Å². The Bertz CT molecular complexity index is 945. The van der Waals surface area contributed by atoms with Gasteiger partial charge in [0.2, 0.25) is 10.0 Å². The maximum atomic E-state index is 13.6. The lowest BCUT2D eigenvalue weighted by Gasteiger charge is -2.39. The zero-order chi connectivity index (χ0) is 24.7. The summed E-state index contributed by atoms with van der Waals surface area (Å²) >= 11 is 0. The molecule has 2 N–H and O–H groups in total. The zero-order valence-electron chi connectivity index (χ0n) is 20.7. The number of rotatable bonds is 6. The van der Waals surface area contributed by atoms with Gasteiger partial charge in [-0.2, -0.15) is 0 Å². The topological polar surface area (TPSA) is 123 Å². The van der Waals surface area contributed by atoms with Crippen molar-refractivity contribution in [1.82, 2.24) is 4.31 Å². The quantitative estimate of drug-likeness (QED) is 0.562. The van der Waals surface area contributed by atoms with Crippen LogP contribution < -0.4 is 0 Å². The maximum Gasteiger partial charge on any atom is 0.268 e. The molecule has 0 unspecified atom stereocenters. The molecule has 0 aromatic heterocycles. The Morgan fingerprint density at radius 3 is 2.50 bits per heavy atom. The van der Waals surface area contributed by atoms with E-state index < -0.39 is 50.8 Å². The molecule has 3 aliphatic heterocycles. The summed E-state index contributed by atoms with van der Waals surface area (Å²) in [5.74, 6) is -0.445. The molecule has 3 heterocycles. The molecule has 2 saturated carbocycles. The van der Waals surface area contributed by atoms with Gasteiger partial charge in [-0.05, 0) is 63.7 Å². The van der Waals surface area contributed by atoms with E-state index in [9.17, 15) is 23.4 Å². The van der Waals surface area contributed by atoms with Crippen LogP contribution in [0.15, 0.2) is 0 Å². The number of carbonyl (C=O) groups excluding carboxylic acids is 1. The van der Waals surface area contributed by atoms with Gasteiger partial charge in [0.1, 0.15) is 5.60 Å². The standard InChI is InChI=1S/C24H39NO8S/c1-21(2)15-5-10-24(21)14-34(29,30)25(16(24)13-15)20(27)19(26)23(4)9-6-17(33-23)22(3,28)8-7-18-31-11-12-32-18/h15-19,26,28H,5-14H2,1-4H3/t15-,16-,17+,19+,22-,23-,24-/m0/s1. The number of nitrogens with zero attached hydrogens (tertiary/aromatic N) is 1. The molecule has 5 aliphatic rings. The molecule has 2 aliphatic carbocycles. The van der Waals surface area contributed by atoms with E-state index in [0.29, 0.717) is 51.2 Å². The van der Waals surface area contributed by atoms with Gasteiger partial charge in [-0.1, -0.05) is 13.8 Å². The number of amides is 1. The molecule has 194 valence electrons. The predicted octanol–water partition coefficient (Wildman–Crippen LogP) is 1.56. The third-order valence-electron chi connectivity index (χ3n) is 10.0. The van der Waals surface area contributed by atoms with Gasteiger partial charge in [0.15, 0.2) is 12.4 Å². The van der Waals surface area contributed by atoms with E-state index in [4.69, 9.17) is 14.2 Å². The highest BCUT2D eigenvalue weighted by atomic mass is 32.2. The maximum absolute atomic E-state index is 13.6. The summed E-state index contributed by atoms with van der Waals surface area (Å²) in [4.78, 5) is 13.6. The fraction of sp³-hybridized carbons (Fsp3) is 0.958. The third-order valence-corrected chi connectivity index (χ3v) is 11.9. The minimum Gasteiger partial charge on any atom is -0.387 e. The number of sulfonamides is 1. The third kappa shape index (κ3) is 3.50. The van der Waals surface area contributed by atoms with Crippen LogP contribution in [-0.4, -0.2) is 83.6 Å². The van der Waals surface area contributed by atoms with Gasteiger partial charge in [-0.25, -0.2) is 12.7 Å². The fourth-order valence-corrected chi connectivity index (χ4v) is 10.2. The second-order valence-corrected chi connectivity index (χ2v) is 14.0. The number of hydrogen-bond acceptors (Lipinski definition) is 8. The molecular weight excluding hydrogens is 462 g/mol. The number of fused-ring (bicyclic) bond motifs is 1. The van der Waals surface area contributed by atoms with E-state index >= 15 is 0 Å². The number of ether oxygens (including phenoxy) is 3. The molecule has 0 radical (unpaired) electrons. The van der Waals surface area contributed by atoms with Crippen LogP contribution in [0.1, 0.15) is 72.6 Å². The highest BCUT2D eigenvalue weighted by Gasteiger charge is 2.73. The number of carbonyl (C=O) groups is 1. The van der Waals surface area contributed by atoms with Gasteiger partial charge in [0.05, 0.1) is 36.7 Å². The summed E-state index contributed by atoms with van der Waals surface area (Å²) in [7, 11) is -3.83. The first-order valence-corrected chi connectivity index (χ1v) is 14.2. The average Bonchev–Trinajstić information content (AvgIpc) is 3.53. The van der Waals surface area contributed by atoms with Crippen molar-refractivity contribution in [3.05, 3.63) is 0 Å². The van der Waals surface area contributed by atoms with Gasteiger partial charge < -0.3 is 24.4 Å². The van der Waals surface area contributed by atoms with Crippen LogP contribution in [0.4, 0.5) is 0 Å². The molecule has 10 heteroatoms. The second-order valence-electron chi connectivity index (χ2n) is 12.2. The van der Waals surface area contributed by atoms with E-state index in [2.05, 4.69) is 13.8 Å². The lowest BCUT2D eigenvalue weighted by Crippen LogP contribution is -2.55. The molecule has 1 amide bonds. The highest BCUT2D eigenvalue weighted by Crippen LogP contribution is 2.70. The summed E-state index contributed by atoms with van der Waals surface area (Å²) in [6.07, 6.45) is 1.56. The van der Waals surface area contributed by atoms with Gasteiger partial charge in [0.25, 0.3) is 5.91 Å². The molecule has 1 spiro atoms. The van der Waals surface area contributed by atoms with E-state index in [0.717, 1.165) is 17.1 Å². The first kappa shape index (κ1) is 24.9. The Labute approximate surface area is 202 Å². The van der Waals surface area contributed by atoms with Crippen molar-refractivity contribution in [1.29, 1.82) is 0 Å². The summed E-state index contributed by atoms with van der Waals surface area (Å²) in [5, 5.41) is 22.2. The SMILES string of the molecule is CC1(C)[C@H]2CC[C@@]13CS(=O)(=O)N(C(=O)[C@@H](O)[C@]1(C)CC[C@H]([C@@](C)(O)CCC4OCCO4)O1)[C@H]3C2. The smallest absolute Gasteiger partial charge is 0.268 e. The number of aliphatic hydroxyl groups excluding tert-OH is 1. The molecule has 0 aromatic rings. The van der Waals surface area contributed by atoms with Crippen LogP contribution >= 0.6 is 0 Å². The van der Waals surface area contributed by atoms with Crippen LogP contribution in [0.5, 0.6) is 0 Å². The largest absolute Gasteiger partial charge is 0.387 e. The van der Waals surface area contributed by atoms with E-state index in [1.807, 2.05) is 0 Å². The monoisotopic (exact) mass is 501 g/mol. The van der Waals surface area contributed by atoms with Crippen LogP contribution in [0, 0.1) is 16.7 Å². The van der Waals surface area contributed by atoms with Crippen molar-refractivity contribution in [2.45, 2.75) is 108 Å². The van der Waals surface area contributed by atoms with Crippen LogP contribution in [-0.2, 0) is 29.0 Å².